The highest BCUT2D eigenvalue weighted by Gasteiger charge is 2.30. The predicted octanol–water partition coefficient (Wildman–Crippen LogP) is 2.78. The van der Waals surface area contributed by atoms with Crippen molar-refractivity contribution in [3.8, 4) is 11.5 Å². The molecule has 2 rings (SSSR count). The lowest BCUT2D eigenvalue weighted by Crippen LogP contribution is -2.31. The molecule has 0 spiro atoms. The van der Waals surface area contributed by atoms with Crippen LogP contribution < -0.4 is 20.9 Å². The number of nitrogen functional groups attached to an aromatic ring is 2. The van der Waals surface area contributed by atoms with Crippen molar-refractivity contribution in [1.29, 1.82) is 0 Å². The molecule has 0 bridgehead atoms. The van der Waals surface area contributed by atoms with Gasteiger partial charge in [-0.25, -0.2) is 0 Å². The molecule has 0 unspecified atom stereocenters. The van der Waals surface area contributed by atoms with Crippen molar-refractivity contribution in [3.63, 3.8) is 0 Å². The summed E-state index contributed by atoms with van der Waals surface area (Å²) >= 11 is 0. The molecule has 0 aliphatic carbocycles. The van der Waals surface area contributed by atoms with Crippen molar-refractivity contribution >= 4 is 23.3 Å². The van der Waals surface area contributed by atoms with Gasteiger partial charge in [-0.2, -0.15) is 0 Å². The zero-order valence-corrected chi connectivity index (χ0v) is 13.4. The Hall–Kier alpha value is -3.02. The van der Waals surface area contributed by atoms with E-state index < -0.39 is 17.9 Å². The zero-order valence-electron chi connectivity index (χ0n) is 13.4. The highest BCUT2D eigenvalue weighted by molar-refractivity contribution is 5.96. The fourth-order valence-electron chi connectivity index (χ4n) is 2.07. The SMILES string of the molecule is CCCC(C(=O)Oc1ccc(N)cc1)C(=O)Oc1ccc(N)cc1. The van der Waals surface area contributed by atoms with Crippen LogP contribution in [-0.2, 0) is 9.59 Å². The van der Waals surface area contributed by atoms with E-state index in [2.05, 4.69) is 0 Å². The first-order valence-electron chi connectivity index (χ1n) is 7.64. The normalized spacial score (nSPS) is 10.4. The van der Waals surface area contributed by atoms with Gasteiger partial charge in [0.1, 0.15) is 11.5 Å². The molecule has 0 aromatic heterocycles. The van der Waals surface area contributed by atoms with Gasteiger partial charge in [0.25, 0.3) is 0 Å². The Morgan fingerprint density at radius 2 is 1.21 bits per heavy atom. The summed E-state index contributed by atoms with van der Waals surface area (Å²) < 4.78 is 10.5. The number of benzene rings is 2. The van der Waals surface area contributed by atoms with E-state index >= 15 is 0 Å². The van der Waals surface area contributed by atoms with E-state index in [4.69, 9.17) is 20.9 Å². The summed E-state index contributed by atoms with van der Waals surface area (Å²) in [7, 11) is 0. The van der Waals surface area contributed by atoms with Crippen molar-refractivity contribution in [1.82, 2.24) is 0 Å². The maximum Gasteiger partial charge on any atom is 0.325 e. The van der Waals surface area contributed by atoms with Gasteiger partial charge in [0.15, 0.2) is 5.92 Å². The zero-order chi connectivity index (χ0) is 17.5. The van der Waals surface area contributed by atoms with Crippen LogP contribution in [0.3, 0.4) is 0 Å². The first-order valence-corrected chi connectivity index (χ1v) is 7.64. The third kappa shape index (κ3) is 4.74. The number of hydrogen-bond acceptors (Lipinski definition) is 6. The Morgan fingerprint density at radius 3 is 1.54 bits per heavy atom. The van der Waals surface area contributed by atoms with Gasteiger partial charge in [0.05, 0.1) is 0 Å². The Balaban J connectivity index is 2.06. The second kappa shape index (κ2) is 8.01. The molecular formula is C18H20N2O4. The van der Waals surface area contributed by atoms with Gasteiger partial charge >= 0.3 is 11.9 Å². The van der Waals surface area contributed by atoms with Gasteiger partial charge in [0, 0.05) is 11.4 Å². The van der Waals surface area contributed by atoms with Gasteiger partial charge in [0.2, 0.25) is 0 Å². The number of esters is 2. The average molecular weight is 328 g/mol. The van der Waals surface area contributed by atoms with Gasteiger partial charge < -0.3 is 20.9 Å². The minimum Gasteiger partial charge on any atom is -0.426 e. The van der Waals surface area contributed by atoms with E-state index in [0.717, 1.165) is 0 Å². The fourth-order valence-corrected chi connectivity index (χ4v) is 2.07. The predicted molar refractivity (Wildman–Crippen MR) is 91.4 cm³/mol. The van der Waals surface area contributed by atoms with Crippen LogP contribution in [0.1, 0.15) is 19.8 Å². The van der Waals surface area contributed by atoms with Crippen LogP contribution in [0.25, 0.3) is 0 Å². The molecule has 0 amide bonds. The Labute approximate surface area is 140 Å². The maximum absolute atomic E-state index is 12.3. The fraction of sp³-hybridized carbons (Fsp3) is 0.222. The molecule has 0 radical (unpaired) electrons. The van der Waals surface area contributed by atoms with Crippen LogP contribution in [0.4, 0.5) is 11.4 Å². The summed E-state index contributed by atoms with van der Waals surface area (Å²) in [5.41, 5.74) is 12.3. The topological polar surface area (TPSA) is 105 Å². The van der Waals surface area contributed by atoms with E-state index in [1.54, 1.807) is 48.5 Å². The standard InChI is InChI=1S/C18H20N2O4/c1-2-3-16(17(21)23-14-8-4-12(19)5-9-14)18(22)24-15-10-6-13(20)7-11-15/h4-11,16H,2-3,19-20H2,1H3. The third-order valence-electron chi connectivity index (χ3n) is 3.34. The van der Waals surface area contributed by atoms with Gasteiger partial charge in [-0.05, 0) is 55.0 Å². The molecule has 6 heteroatoms. The molecule has 0 saturated carbocycles. The lowest BCUT2D eigenvalue weighted by Gasteiger charge is -2.14. The summed E-state index contributed by atoms with van der Waals surface area (Å²) in [5, 5.41) is 0. The number of hydrogen-bond donors (Lipinski definition) is 2. The second-order valence-electron chi connectivity index (χ2n) is 5.32. The molecule has 6 nitrogen and oxygen atoms in total. The first kappa shape index (κ1) is 17.3. The van der Waals surface area contributed by atoms with Gasteiger partial charge in [-0.3, -0.25) is 9.59 Å². The van der Waals surface area contributed by atoms with Crippen LogP contribution >= 0.6 is 0 Å². The number of nitrogens with two attached hydrogens (primary N) is 2. The molecule has 126 valence electrons. The van der Waals surface area contributed by atoms with E-state index in [1.807, 2.05) is 6.92 Å². The first-order chi connectivity index (χ1) is 11.5. The Bertz CT molecular complexity index is 636. The number of ether oxygens (including phenoxy) is 2. The van der Waals surface area contributed by atoms with Crippen molar-refractivity contribution in [2.45, 2.75) is 19.8 Å². The molecule has 0 saturated heterocycles. The van der Waals surface area contributed by atoms with Crippen LogP contribution in [0.5, 0.6) is 11.5 Å². The van der Waals surface area contributed by atoms with Gasteiger partial charge in [-0.1, -0.05) is 13.3 Å². The molecular weight excluding hydrogens is 308 g/mol. The summed E-state index contributed by atoms with van der Waals surface area (Å²) in [6, 6.07) is 12.7. The third-order valence-corrected chi connectivity index (χ3v) is 3.34. The molecule has 2 aromatic rings. The Kier molecular flexibility index (Phi) is 5.78. The summed E-state index contributed by atoms with van der Waals surface area (Å²) in [6.45, 7) is 1.87. The van der Waals surface area contributed by atoms with Crippen LogP contribution in [0.2, 0.25) is 0 Å². The average Bonchev–Trinajstić information content (AvgIpc) is 2.56. The second-order valence-corrected chi connectivity index (χ2v) is 5.32. The minimum absolute atomic E-state index is 0.329. The van der Waals surface area contributed by atoms with Crippen LogP contribution in [0, 0.1) is 5.92 Å². The van der Waals surface area contributed by atoms with Crippen molar-refractivity contribution in [3.05, 3.63) is 48.5 Å². The lowest BCUT2D eigenvalue weighted by molar-refractivity contribution is -0.151. The van der Waals surface area contributed by atoms with E-state index in [-0.39, 0.29) is 0 Å². The smallest absolute Gasteiger partial charge is 0.325 e. The highest BCUT2D eigenvalue weighted by atomic mass is 16.6. The van der Waals surface area contributed by atoms with E-state index in [9.17, 15) is 9.59 Å². The highest BCUT2D eigenvalue weighted by Crippen LogP contribution is 2.20. The number of rotatable bonds is 6. The molecule has 0 aliphatic rings. The molecule has 4 N–H and O–H groups in total. The molecule has 0 fully saturated rings. The number of carbonyl (C=O) groups excluding carboxylic acids is 2. The van der Waals surface area contributed by atoms with Gasteiger partial charge in [-0.15, -0.1) is 0 Å². The van der Waals surface area contributed by atoms with E-state index in [0.29, 0.717) is 35.7 Å². The summed E-state index contributed by atoms with van der Waals surface area (Å²) in [6.07, 6.45) is 0.972. The molecule has 0 aliphatic heterocycles. The monoisotopic (exact) mass is 328 g/mol. The van der Waals surface area contributed by atoms with E-state index in [1.165, 1.54) is 0 Å². The van der Waals surface area contributed by atoms with Crippen molar-refractivity contribution < 1.29 is 19.1 Å². The quantitative estimate of drug-likeness (QED) is 0.366. The largest absolute Gasteiger partial charge is 0.426 e. The van der Waals surface area contributed by atoms with Crippen LogP contribution in [0.15, 0.2) is 48.5 Å². The van der Waals surface area contributed by atoms with Crippen LogP contribution in [-0.4, -0.2) is 11.9 Å². The Morgan fingerprint density at radius 1 is 0.833 bits per heavy atom. The minimum atomic E-state index is -0.995. The molecule has 2 aromatic carbocycles. The molecule has 0 atom stereocenters. The molecule has 0 heterocycles. The van der Waals surface area contributed by atoms with Crippen molar-refractivity contribution in [2.24, 2.45) is 5.92 Å². The maximum atomic E-state index is 12.3. The lowest BCUT2D eigenvalue weighted by atomic mass is 10.0. The van der Waals surface area contributed by atoms with Crippen molar-refractivity contribution in [2.75, 3.05) is 11.5 Å². The number of carbonyl (C=O) groups is 2. The summed E-state index contributed by atoms with van der Waals surface area (Å²) in [5.74, 6) is -1.64. The summed E-state index contributed by atoms with van der Waals surface area (Å²) in [4.78, 5) is 24.6. The number of anilines is 2. The molecule has 24 heavy (non-hydrogen) atoms.